The van der Waals surface area contributed by atoms with E-state index in [4.69, 9.17) is 10.5 Å². The molecule has 39 heavy (non-hydrogen) atoms. The summed E-state index contributed by atoms with van der Waals surface area (Å²) >= 11 is 0. The van der Waals surface area contributed by atoms with Gasteiger partial charge < -0.3 is 20.9 Å². The number of ether oxygens (including phenoxy) is 1. The van der Waals surface area contributed by atoms with Crippen LogP contribution in [0.4, 0.5) is 5.69 Å². The van der Waals surface area contributed by atoms with E-state index in [9.17, 15) is 14.7 Å². The van der Waals surface area contributed by atoms with Gasteiger partial charge in [0.1, 0.15) is 11.3 Å². The number of carbonyl (C=O) groups excluding carboxylic acids is 2. The zero-order chi connectivity index (χ0) is 27.4. The molecule has 0 fully saturated rings. The van der Waals surface area contributed by atoms with Gasteiger partial charge in [0, 0.05) is 23.2 Å². The second-order valence-corrected chi connectivity index (χ2v) is 10.7. The van der Waals surface area contributed by atoms with Crippen molar-refractivity contribution in [3.8, 4) is 16.9 Å². The van der Waals surface area contributed by atoms with Gasteiger partial charge in [-0.05, 0) is 40.3 Å². The normalized spacial score (nSPS) is 21.1. The van der Waals surface area contributed by atoms with Gasteiger partial charge in [-0.3, -0.25) is 9.59 Å². The van der Waals surface area contributed by atoms with Crippen LogP contribution in [0.15, 0.2) is 91.0 Å². The molecule has 2 atom stereocenters. The molecule has 2 unspecified atom stereocenters. The SMILES string of the molecule is CC(C)c1ccc2c(c1)OC1(O)c3cccc(N)c3C(=O)CC21NC(=O)Cc1ccc(-c2ccccc2)cc1. The Bertz CT molecular complexity index is 1600. The highest BCUT2D eigenvalue weighted by atomic mass is 16.6. The van der Waals surface area contributed by atoms with Crippen LogP contribution in [0.25, 0.3) is 11.1 Å². The first-order valence-electron chi connectivity index (χ1n) is 13.2. The van der Waals surface area contributed by atoms with Crippen molar-refractivity contribution in [2.24, 2.45) is 0 Å². The Morgan fingerprint density at radius 2 is 1.67 bits per heavy atom. The van der Waals surface area contributed by atoms with Gasteiger partial charge in [0.15, 0.2) is 5.78 Å². The monoisotopic (exact) mass is 518 g/mol. The summed E-state index contributed by atoms with van der Waals surface area (Å²) in [5.74, 6) is -1.92. The Kier molecular flexibility index (Phi) is 5.81. The van der Waals surface area contributed by atoms with Gasteiger partial charge in [-0.1, -0.05) is 92.7 Å². The molecule has 1 aliphatic heterocycles. The van der Waals surface area contributed by atoms with Crippen LogP contribution in [-0.4, -0.2) is 16.8 Å². The molecule has 6 rings (SSSR count). The van der Waals surface area contributed by atoms with E-state index in [1.54, 1.807) is 18.2 Å². The van der Waals surface area contributed by atoms with Gasteiger partial charge >= 0.3 is 0 Å². The summed E-state index contributed by atoms with van der Waals surface area (Å²) in [7, 11) is 0. The Labute approximate surface area is 227 Å². The third-order valence-corrected chi connectivity index (χ3v) is 7.91. The van der Waals surface area contributed by atoms with Gasteiger partial charge in [-0.2, -0.15) is 0 Å². The smallest absolute Gasteiger partial charge is 0.263 e. The van der Waals surface area contributed by atoms with E-state index >= 15 is 0 Å². The number of ketones is 1. The Morgan fingerprint density at radius 1 is 0.949 bits per heavy atom. The quantitative estimate of drug-likeness (QED) is 0.306. The number of aliphatic hydroxyl groups is 1. The van der Waals surface area contributed by atoms with Crippen LogP contribution in [0, 0.1) is 0 Å². The van der Waals surface area contributed by atoms with Crippen LogP contribution in [0.3, 0.4) is 0 Å². The first-order valence-corrected chi connectivity index (χ1v) is 13.2. The second kappa shape index (κ2) is 9.10. The summed E-state index contributed by atoms with van der Waals surface area (Å²) in [5.41, 5.74) is 9.99. The molecule has 0 spiro atoms. The molecule has 4 aromatic carbocycles. The van der Waals surface area contributed by atoms with Gasteiger partial charge in [-0.15, -0.1) is 0 Å². The van der Waals surface area contributed by atoms with Gasteiger partial charge in [0.25, 0.3) is 5.79 Å². The standard InChI is InChI=1S/C33H30N2O4/c1-20(2)24-15-16-25-29(18-24)39-33(38)26-9-6-10-27(34)31(26)28(36)19-32(25,33)35-30(37)17-21-11-13-23(14-12-21)22-7-4-3-5-8-22/h3-16,18,20,38H,17,19,34H2,1-2H3,(H,35,37). The largest absolute Gasteiger partial charge is 0.455 e. The fraction of sp³-hybridized carbons (Fsp3) is 0.212. The van der Waals surface area contributed by atoms with Crippen molar-refractivity contribution in [1.82, 2.24) is 5.32 Å². The molecule has 6 nitrogen and oxygen atoms in total. The van der Waals surface area contributed by atoms with Crippen LogP contribution in [-0.2, 0) is 22.5 Å². The Hall–Kier alpha value is -4.42. The molecule has 0 aromatic heterocycles. The molecule has 4 N–H and O–H groups in total. The van der Waals surface area contributed by atoms with Crippen molar-refractivity contribution in [3.05, 3.63) is 119 Å². The zero-order valence-electron chi connectivity index (χ0n) is 21.9. The van der Waals surface area contributed by atoms with Crippen LogP contribution in [0.5, 0.6) is 5.75 Å². The van der Waals surface area contributed by atoms with Crippen molar-refractivity contribution >= 4 is 17.4 Å². The summed E-state index contributed by atoms with van der Waals surface area (Å²) in [6.45, 7) is 4.14. The number of Topliss-reactive ketones (excluding diaryl/α,β-unsaturated/α-hetero) is 1. The maximum absolute atomic E-state index is 13.6. The number of amides is 1. The molecule has 0 saturated heterocycles. The highest BCUT2D eigenvalue weighted by Gasteiger charge is 2.66. The molecule has 6 heteroatoms. The fourth-order valence-electron chi connectivity index (χ4n) is 5.87. The highest BCUT2D eigenvalue weighted by Crippen LogP contribution is 2.57. The molecule has 1 aliphatic carbocycles. The molecule has 196 valence electrons. The van der Waals surface area contributed by atoms with E-state index in [2.05, 4.69) is 19.2 Å². The topological polar surface area (TPSA) is 102 Å². The number of benzene rings is 4. The van der Waals surface area contributed by atoms with Crippen LogP contribution in [0.2, 0.25) is 0 Å². The van der Waals surface area contributed by atoms with Gasteiger partial charge in [0.05, 0.1) is 12.0 Å². The lowest BCUT2D eigenvalue weighted by Gasteiger charge is -2.45. The van der Waals surface area contributed by atoms with Crippen molar-refractivity contribution in [1.29, 1.82) is 0 Å². The lowest BCUT2D eigenvalue weighted by molar-refractivity contribution is -0.196. The lowest BCUT2D eigenvalue weighted by atomic mass is 9.69. The minimum atomic E-state index is -2.00. The number of nitrogens with two attached hydrogens (primary N) is 1. The number of hydrogen-bond acceptors (Lipinski definition) is 5. The fourth-order valence-corrected chi connectivity index (χ4v) is 5.87. The number of nitrogens with one attached hydrogen (secondary N) is 1. The maximum Gasteiger partial charge on any atom is 0.263 e. The summed E-state index contributed by atoms with van der Waals surface area (Å²) < 4.78 is 6.27. The van der Waals surface area contributed by atoms with Crippen molar-refractivity contribution in [2.45, 2.75) is 43.9 Å². The molecule has 0 saturated carbocycles. The van der Waals surface area contributed by atoms with Crippen molar-refractivity contribution in [2.75, 3.05) is 5.73 Å². The van der Waals surface area contributed by atoms with Crippen molar-refractivity contribution < 1.29 is 19.4 Å². The zero-order valence-corrected chi connectivity index (χ0v) is 21.9. The van der Waals surface area contributed by atoms with E-state index in [0.717, 1.165) is 22.3 Å². The molecular formula is C33H30N2O4. The number of nitrogen functional groups attached to an aromatic ring is 1. The number of anilines is 1. The minimum absolute atomic E-state index is 0.0737. The van der Waals surface area contributed by atoms with Gasteiger partial charge in [0.2, 0.25) is 5.91 Å². The van der Waals surface area contributed by atoms with Crippen LogP contribution in [0.1, 0.15) is 58.8 Å². The average Bonchev–Trinajstić information content (AvgIpc) is 3.17. The summed E-state index contributed by atoms with van der Waals surface area (Å²) in [6.07, 6.45) is -0.109. The van der Waals surface area contributed by atoms with E-state index < -0.39 is 11.3 Å². The maximum atomic E-state index is 13.6. The third-order valence-electron chi connectivity index (χ3n) is 7.91. The molecule has 0 radical (unpaired) electrons. The van der Waals surface area contributed by atoms with E-state index in [0.29, 0.717) is 11.3 Å². The van der Waals surface area contributed by atoms with Gasteiger partial charge in [-0.25, -0.2) is 0 Å². The number of hydrogen-bond donors (Lipinski definition) is 3. The first kappa shape index (κ1) is 24.9. The summed E-state index contributed by atoms with van der Waals surface area (Å²) in [6, 6.07) is 28.4. The second-order valence-electron chi connectivity index (χ2n) is 10.7. The van der Waals surface area contributed by atoms with E-state index in [1.807, 2.05) is 72.8 Å². The predicted octanol–water partition coefficient (Wildman–Crippen LogP) is 5.44. The minimum Gasteiger partial charge on any atom is -0.455 e. The molecule has 1 heterocycles. The predicted molar refractivity (Wildman–Crippen MR) is 150 cm³/mol. The highest BCUT2D eigenvalue weighted by molar-refractivity contribution is 6.05. The van der Waals surface area contributed by atoms with Crippen LogP contribution < -0.4 is 15.8 Å². The average molecular weight is 519 g/mol. The number of fused-ring (bicyclic) bond motifs is 5. The van der Waals surface area contributed by atoms with Crippen molar-refractivity contribution in [3.63, 3.8) is 0 Å². The Morgan fingerprint density at radius 3 is 2.38 bits per heavy atom. The molecule has 2 aliphatic rings. The van der Waals surface area contributed by atoms with E-state index in [1.165, 1.54) is 0 Å². The lowest BCUT2D eigenvalue weighted by Crippen LogP contribution is -2.63. The molecular weight excluding hydrogens is 488 g/mol. The third kappa shape index (κ3) is 3.91. The molecule has 0 bridgehead atoms. The Balaban J connectivity index is 1.38. The summed E-state index contributed by atoms with van der Waals surface area (Å²) in [4.78, 5) is 27.1. The molecule has 4 aromatic rings. The molecule has 1 amide bonds. The number of rotatable bonds is 5. The van der Waals surface area contributed by atoms with Crippen LogP contribution >= 0.6 is 0 Å². The first-order chi connectivity index (χ1) is 18.7. The number of carbonyl (C=O) groups is 2. The van der Waals surface area contributed by atoms with E-state index in [-0.39, 0.29) is 47.3 Å². The summed E-state index contributed by atoms with van der Waals surface area (Å²) in [5, 5.41) is 15.3.